The molecule has 1 rings (SSSR count). The Balaban J connectivity index is 2.54. The summed E-state index contributed by atoms with van der Waals surface area (Å²) in [5, 5.41) is 11.4. The monoisotopic (exact) mass is 270 g/mol. The van der Waals surface area contributed by atoms with Crippen molar-refractivity contribution in [3.05, 3.63) is 34.9 Å². The lowest BCUT2D eigenvalue weighted by Gasteiger charge is -2.18. The number of benzene rings is 1. The molecule has 1 aromatic carbocycles. The van der Waals surface area contributed by atoms with Crippen molar-refractivity contribution in [2.75, 3.05) is 6.54 Å². The lowest BCUT2D eigenvalue weighted by atomic mass is 10.1. The predicted molar refractivity (Wildman–Crippen MR) is 77.0 cm³/mol. The molecule has 0 saturated heterocycles. The van der Waals surface area contributed by atoms with Crippen molar-refractivity contribution in [1.29, 1.82) is 5.26 Å². The second-order valence-electron chi connectivity index (χ2n) is 5.30. The van der Waals surface area contributed by atoms with E-state index in [0.717, 1.165) is 11.1 Å². The maximum absolute atomic E-state index is 11.4. The number of ether oxygens (including phenoxy) is 1. The van der Waals surface area contributed by atoms with E-state index in [1.54, 1.807) is 32.9 Å². The minimum atomic E-state index is -0.512. The number of nitrogens with zero attached hydrogens (tertiary/aromatic N) is 1. The van der Waals surface area contributed by atoms with Gasteiger partial charge in [-0.1, -0.05) is 11.8 Å². The van der Waals surface area contributed by atoms with Crippen LogP contribution in [0.4, 0.5) is 4.79 Å². The molecule has 0 saturated carbocycles. The van der Waals surface area contributed by atoms with Crippen LogP contribution in [0.3, 0.4) is 0 Å². The summed E-state index contributed by atoms with van der Waals surface area (Å²) in [5.41, 5.74) is 1.83. The van der Waals surface area contributed by atoms with E-state index in [4.69, 9.17) is 10.00 Å². The largest absolute Gasteiger partial charge is 0.444 e. The second-order valence-corrected chi connectivity index (χ2v) is 5.30. The van der Waals surface area contributed by atoms with E-state index in [9.17, 15) is 4.79 Å². The van der Waals surface area contributed by atoms with Crippen molar-refractivity contribution >= 4 is 6.09 Å². The van der Waals surface area contributed by atoms with Gasteiger partial charge in [0.25, 0.3) is 0 Å². The summed E-state index contributed by atoms with van der Waals surface area (Å²) in [6.07, 6.45) is -0.484. The summed E-state index contributed by atoms with van der Waals surface area (Å²) >= 11 is 0. The average molecular weight is 270 g/mol. The highest BCUT2D eigenvalue weighted by atomic mass is 16.6. The molecule has 0 atom stereocenters. The van der Waals surface area contributed by atoms with Gasteiger partial charge in [0, 0.05) is 5.56 Å². The molecule has 4 nitrogen and oxygen atoms in total. The molecule has 0 aliphatic rings. The number of hydrogen-bond donors (Lipinski definition) is 1. The standard InChI is InChI=1S/C16H18N2O2/c1-12-10-13(7-8-14(12)11-17)6-5-9-18-15(19)20-16(2,3)4/h7-8,10H,9H2,1-4H3,(H,18,19). The Bertz CT molecular complexity index is 596. The predicted octanol–water partition coefficient (Wildman–Crippen LogP) is 2.74. The number of amides is 1. The van der Waals surface area contributed by atoms with Gasteiger partial charge in [0.2, 0.25) is 0 Å². The number of carbonyl (C=O) groups is 1. The summed E-state index contributed by atoms with van der Waals surface area (Å²) in [6.45, 7) is 7.49. The Labute approximate surface area is 119 Å². The van der Waals surface area contributed by atoms with Crippen LogP contribution in [0.1, 0.15) is 37.5 Å². The van der Waals surface area contributed by atoms with Crippen LogP contribution in [-0.2, 0) is 4.74 Å². The first-order chi connectivity index (χ1) is 9.31. The van der Waals surface area contributed by atoms with Crippen molar-refractivity contribution in [3.8, 4) is 17.9 Å². The molecule has 0 spiro atoms. The molecule has 1 amide bonds. The normalized spacial score (nSPS) is 9.95. The molecule has 1 N–H and O–H groups in total. The van der Waals surface area contributed by atoms with Crippen molar-refractivity contribution in [3.63, 3.8) is 0 Å². The van der Waals surface area contributed by atoms with Crippen molar-refractivity contribution in [1.82, 2.24) is 5.32 Å². The quantitative estimate of drug-likeness (QED) is 0.798. The summed E-state index contributed by atoms with van der Waals surface area (Å²) in [5.74, 6) is 5.76. The van der Waals surface area contributed by atoms with Gasteiger partial charge < -0.3 is 10.1 Å². The summed E-state index contributed by atoms with van der Waals surface area (Å²) in [6, 6.07) is 7.47. The zero-order valence-corrected chi connectivity index (χ0v) is 12.2. The van der Waals surface area contributed by atoms with E-state index in [0.29, 0.717) is 5.56 Å². The fourth-order valence-corrected chi connectivity index (χ4v) is 1.44. The number of nitriles is 1. The molecule has 104 valence electrons. The summed E-state index contributed by atoms with van der Waals surface area (Å²) in [7, 11) is 0. The molecule has 0 aromatic heterocycles. The molecule has 0 radical (unpaired) electrons. The van der Waals surface area contributed by atoms with E-state index in [1.165, 1.54) is 0 Å². The minimum absolute atomic E-state index is 0.216. The Kier molecular flexibility index (Phi) is 5.17. The first kappa shape index (κ1) is 15.6. The van der Waals surface area contributed by atoms with Gasteiger partial charge in [-0.15, -0.1) is 0 Å². The Morgan fingerprint density at radius 1 is 1.40 bits per heavy atom. The zero-order valence-electron chi connectivity index (χ0n) is 12.2. The van der Waals surface area contributed by atoms with Crippen LogP contribution in [0.5, 0.6) is 0 Å². The number of carbonyl (C=O) groups excluding carboxylic acids is 1. The van der Waals surface area contributed by atoms with Gasteiger partial charge in [-0.25, -0.2) is 4.79 Å². The van der Waals surface area contributed by atoms with Crippen LogP contribution in [0, 0.1) is 30.1 Å². The topological polar surface area (TPSA) is 62.1 Å². The molecule has 0 bridgehead atoms. The van der Waals surface area contributed by atoms with Crippen molar-refractivity contribution in [2.45, 2.75) is 33.3 Å². The Hall–Kier alpha value is -2.46. The average Bonchev–Trinajstić information content (AvgIpc) is 2.33. The Morgan fingerprint density at radius 3 is 2.65 bits per heavy atom. The highest BCUT2D eigenvalue weighted by Crippen LogP contribution is 2.09. The van der Waals surface area contributed by atoms with Crippen molar-refractivity contribution < 1.29 is 9.53 Å². The molecule has 1 aromatic rings. The van der Waals surface area contributed by atoms with Crippen LogP contribution in [0.15, 0.2) is 18.2 Å². The molecule has 0 aliphatic carbocycles. The van der Waals surface area contributed by atoms with E-state index in [1.807, 2.05) is 13.0 Å². The van der Waals surface area contributed by atoms with Crippen LogP contribution in [0.25, 0.3) is 0 Å². The summed E-state index contributed by atoms with van der Waals surface area (Å²) < 4.78 is 5.09. The van der Waals surface area contributed by atoms with Crippen molar-refractivity contribution in [2.24, 2.45) is 0 Å². The fraction of sp³-hybridized carbons (Fsp3) is 0.375. The maximum Gasteiger partial charge on any atom is 0.408 e. The van der Waals surface area contributed by atoms with Crippen LogP contribution in [0.2, 0.25) is 0 Å². The van der Waals surface area contributed by atoms with E-state index >= 15 is 0 Å². The number of alkyl carbamates (subject to hydrolysis) is 1. The van der Waals surface area contributed by atoms with E-state index < -0.39 is 11.7 Å². The maximum atomic E-state index is 11.4. The first-order valence-corrected chi connectivity index (χ1v) is 6.28. The van der Waals surface area contributed by atoms with Gasteiger partial charge in [-0.3, -0.25) is 0 Å². The number of nitrogens with one attached hydrogen (secondary N) is 1. The van der Waals surface area contributed by atoms with Crippen LogP contribution in [-0.4, -0.2) is 18.2 Å². The molecule has 0 unspecified atom stereocenters. The molecule has 0 fully saturated rings. The summed E-state index contributed by atoms with van der Waals surface area (Å²) in [4.78, 5) is 11.4. The molecular weight excluding hydrogens is 252 g/mol. The molecule has 20 heavy (non-hydrogen) atoms. The number of rotatable bonds is 1. The van der Waals surface area contributed by atoms with Gasteiger partial charge in [0.05, 0.1) is 18.2 Å². The third kappa shape index (κ3) is 5.46. The second kappa shape index (κ2) is 6.63. The van der Waals surface area contributed by atoms with Crippen LogP contribution < -0.4 is 5.32 Å². The van der Waals surface area contributed by atoms with Gasteiger partial charge in [-0.05, 0) is 51.5 Å². The molecule has 0 heterocycles. The van der Waals surface area contributed by atoms with E-state index in [2.05, 4.69) is 23.2 Å². The highest BCUT2D eigenvalue weighted by Gasteiger charge is 2.14. The zero-order chi connectivity index (χ0) is 15.2. The molecular formula is C16H18N2O2. The SMILES string of the molecule is Cc1cc(C#CCNC(=O)OC(C)(C)C)ccc1C#N. The van der Waals surface area contributed by atoms with Gasteiger partial charge in [0.15, 0.2) is 0 Å². The smallest absolute Gasteiger partial charge is 0.408 e. The first-order valence-electron chi connectivity index (χ1n) is 6.28. The van der Waals surface area contributed by atoms with Gasteiger partial charge in [0.1, 0.15) is 5.60 Å². The fourth-order valence-electron chi connectivity index (χ4n) is 1.44. The van der Waals surface area contributed by atoms with Gasteiger partial charge >= 0.3 is 6.09 Å². The lowest BCUT2D eigenvalue weighted by molar-refractivity contribution is 0.0535. The Morgan fingerprint density at radius 2 is 2.10 bits per heavy atom. The van der Waals surface area contributed by atoms with Crippen LogP contribution >= 0.6 is 0 Å². The molecule has 4 heteroatoms. The third-order valence-corrected chi connectivity index (χ3v) is 2.30. The number of hydrogen-bond acceptors (Lipinski definition) is 3. The molecule has 0 aliphatic heterocycles. The minimum Gasteiger partial charge on any atom is -0.444 e. The highest BCUT2D eigenvalue weighted by molar-refractivity contribution is 5.68. The van der Waals surface area contributed by atoms with E-state index in [-0.39, 0.29) is 6.54 Å². The number of aryl methyl sites for hydroxylation is 1. The lowest BCUT2D eigenvalue weighted by Crippen LogP contribution is -2.32. The third-order valence-electron chi connectivity index (χ3n) is 2.30. The van der Waals surface area contributed by atoms with Gasteiger partial charge in [-0.2, -0.15) is 5.26 Å².